The monoisotopic (exact) mass is 217 g/mol. The number of nitrogens with zero attached hydrogens (tertiary/aromatic N) is 1. The Labute approximate surface area is 95.0 Å². The summed E-state index contributed by atoms with van der Waals surface area (Å²) in [6, 6.07) is 10.3. The second kappa shape index (κ2) is 3.32. The summed E-state index contributed by atoms with van der Waals surface area (Å²) in [5.74, 6) is 0.217. The minimum absolute atomic E-state index is 0.190. The van der Waals surface area contributed by atoms with Crippen molar-refractivity contribution in [3.8, 4) is 0 Å². The van der Waals surface area contributed by atoms with E-state index in [1.807, 2.05) is 42.2 Å². The van der Waals surface area contributed by atoms with E-state index in [0.29, 0.717) is 13.0 Å². The molecule has 0 aliphatic carbocycles. The topological polar surface area (TPSA) is 29.5 Å². The molecule has 2 aliphatic heterocycles. The molecule has 0 radical (unpaired) electrons. The Kier molecular flexibility index (Phi) is 2.04. The van der Waals surface area contributed by atoms with Crippen molar-refractivity contribution in [2.75, 3.05) is 6.61 Å². The number of carbonyl (C=O) groups is 1. The maximum atomic E-state index is 11.9. The quantitative estimate of drug-likeness (QED) is 0.718. The maximum absolute atomic E-state index is 11.9. The van der Waals surface area contributed by atoms with Crippen LogP contribution in [0.1, 0.15) is 25.3 Å². The van der Waals surface area contributed by atoms with Crippen LogP contribution < -0.4 is 0 Å². The lowest BCUT2D eigenvalue weighted by atomic mass is 10.0. The van der Waals surface area contributed by atoms with Gasteiger partial charge in [-0.2, -0.15) is 0 Å². The summed E-state index contributed by atoms with van der Waals surface area (Å²) in [5, 5.41) is 0. The van der Waals surface area contributed by atoms with Gasteiger partial charge in [0.25, 0.3) is 0 Å². The Morgan fingerprint density at radius 3 is 2.88 bits per heavy atom. The fourth-order valence-corrected chi connectivity index (χ4v) is 2.86. The number of amides is 1. The predicted octanol–water partition coefficient (Wildman–Crippen LogP) is 1.88. The van der Waals surface area contributed by atoms with Gasteiger partial charge < -0.3 is 9.64 Å². The van der Waals surface area contributed by atoms with Crippen LogP contribution in [0.25, 0.3) is 0 Å². The molecular weight excluding hydrogens is 202 g/mol. The predicted molar refractivity (Wildman–Crippen MR) is 59.6 cm³/mol. The van der Waals surface area contributed by atoms with Gasteiger partial charge in [-0.3, -0.25) is 4.79 Å². The Bertz CT molecular complexity index is 417. The van der Waals surface area contributed by atoms with Gasteiger partial charge in [-0.05, 0) is 6.92 Å². The van der Waals surface area contributed by atoms with Crippen LogP contribution in [0.5, 0.6) is 0 Å². The highest BCUT2D eigenvalue weighted by Gasteiger charge is 2.53. The highest BCUT2D eigenvalue weighted by molar-refractivity contribution is 5.80. The van der Waals surface area contributed by atoms with Crippen LogP contribution in [0.2, 0.25) is 0 Å². The smallest absolute Gasteiger partial charge is 0.225 e. The summed E-state index contributed by atoms with van der Waals surface area (Å²) in [5.41, 5.74) is 0.628. The average molecular weight is 217 g/mol. The molecule has 2 heterocycles. The minimum atomic E-state index is -0.474. The van der Waals surface area contributed by atoms with Crippen molar-refractivity contribution in [2.24, 2.45) is 0 Å². The highest BCUT2D eigenvalue weighted by atomic mass is 16.5. The molecular formula is C13H15NO2. The fraction of sp³-hybridized carbons (Fsp3) is 0.462. The van der Waals surface area contributed by atoms with E-state index in [4.69, 9.17) is 4.74 Å². The number of fused-ring (bicyclic) bond motifs is 1. The Morgan fingerprint density at radius 2 is 2.12 bits per heavy atom. The SMILES string of the molecule is C[C@H]1COC2(c3ccccc3)CCC(=O)N12. The van der Waals surface area contributed by atoms with Gasteiger partial charge in [0.2, 0.25) is 5.91 Å². The number of hydrogen-bond donors (Lipinski definition) is 0. The molecule has 1 amide bonds. The van der Waals surface area contributed by atoms with Gasteiger partial charge in [0.1, 0.15) is 0 Å². The van der Waals surface area contributed by atoms with E-state index in [1.54, 1.807) is 0 Å². The van der Waals surface area contributed by atoms with Crippen molar-refractivity contribution in [1.82, 2.24) is 4.90 Å². The van der Waals surface area contributed by atoms with Gasteiger partial charge in [0, 0.05) is 18.4 Å². The molecule has 2 saturated heterocycles. The molecule has 84 valence electrons. The molecule has 2 aliphatic rings. The lowest BCUT2D eigenvalue weighted by Crippen LogP contribution is -2.42. The first-order chi connectivity index (χ1) is 7.74. The summed E-state index contributed by atoms with van der Waals surface area (Å²) in [6.45, 7) is 2.69. The molecule has 2 atom stereocenters. The number of benzene rings is 1. The highest BCUT2D eigenvalue weighted by Crippen LogP contribution is 2.45. The second-order valence-corrected chi connectivity index (χ2v) is 4.57. The molecule has 3 heteroatoms. The molecule has 1 aromatic carbocycles. The molecule has 1 aromatic rings. The van der Waals surface area contributed by atoms with Crippen LogP contribution in [0.3, 0.4) is 0 Å². The number of carbonyl (C=O) groups excluding carboxylic acids is 1. The Hall–Kier alpha value is -1.35. The van der Waals surface area contributed by atoms with Crippen LogP contribution in [0.15, 0.2) is 30.3 Å². The molecule has 0 spiro atoms. The minimum Gasteiger partial charge on any atom is -0.349 e. The first kappa shape index (κ1) is 9.85. The first-order valence-electron chi connectivity index (χ1n) is 5.76. The van der Waals surface area contributed by atoms with Crippen molar-refractivity contribution < 1.29 is 9.53 Å². The summed E-state index contributed by atoms with van der Waals surface area (Å²) in [7, 11) is 0. The molecule has 0 saturated carbocycles. The van der Waals surface area contributed by atoms with E-state index in [-0.39, 0.29) is 11.9 Å². The zero-order valence-corrected chi connectivity index (χ0v) is 9.35. The zero-order chi connectivity index (χ0) is 11.2. The lowest BCUT2D eigenvalue weighted by molar-refractivity contribution is -0.139. The van der Waals surface area contributed by atoms with Crippen molar-refractivity contribution in [3.63, 3.8) is 0 Å². The number of rotatable bonds is 1. The third kappa shape index (κ3) is 1.15. The standard InChI is InChI=1S/C13H15NO2/c1-10-9-16-13(8-7-12(15)14(10)13)11-5-3-2-4-6-11/h2-6,10H,7-9H2,1H3/t10-,13?/m0/s1. The van der Waals surface area contributed by atoms with Crippen LogP contribution in [0.4, 0.5) is 0 Å². The molecule has 1 unspecified atom stereocenters. The van der Waals surface area contributed by atoms with Gasteiger partial charge in [0.05, 0.1) is 12.6 Å². The largest absolute Gasteiger partial charge is 0.349 e. The van der Waals surface area contributed by atoms with Gasteiger partial charge in [-0.1, -0.05) is 30.3 Å². The van der Waals surface area contributed by atoms with E-state index < -0.39 is 5.72 Å². The summed E-state index contributed by atoms with van der Waals surface area (Å²) >= 11 is 0. The van der Waals surface area contributed by atoms with Gasteiger partial charge >= 0.3 is 0 Å². The third-order valence-corrected chi connectivity index (χ3v) is 3.56. The van der Waals surface area contributed by atoms with Gasteiger partial charge in [-0.25, -0.2) is 0 Å². The summed E-state index contributed by atoms with van der Waals surface area (Å²) in [6.07, 6.45) is 1.37. The van der Waals surface area contributed by atoms with E-state index >= 15 is 0 Å². The number of ether oxygens (including phenoxy) is 1. The Balaban J connectivity index is 2.08. The number of hydrogen-bond acceptors (Lipinski definition) is 2. The molecule has 0 bridgehead atoms. The molecule has 3 rings (SSSR count). The van der Waals surface area contributed by atoms with E-state index in [9.17, 15) is 4.79 Å². The normalized spacial score (nSPS) is 33.2. The van der Waals surface area contributed by atoms with Gasteiger partial charge in [0.15, 0.2) is 5.72 Å². The fourth-order valence-electron chi connectivity index (χ4n) is 2.86. The second-order valence-electron chi connectivity index (χ2n) is 4.57. The third-order valence-electron chi connectivity index (χ3n) is 3.56. The lowest BCUT2D eigenvalue weighted by Gasteiger charge is -2.32. The summed E-state index contributed by atoms with van der Waals surface area (Å²) in [4.78, 5) is 13.8. The van der Waals surface area contributed by atoms with Crippen molar-refractivity contribution >= 4 is 5.91 Å². The maximum Gasteiger partial charge on any atom is 0.225 e. The summed E-state index contributed by atoms with van der Waals surface area (Å²) < 4.78 is 5.94. The van der Waals surface area contributed by atoms with Crippen molar-refractivity contribution in [1.29, 1.82) is 0 Å². The van der Waals surface area contributed by atoms with E-state index in [2.05, 4.69) is 0 Å². The van der Waals surface area contributed by atoms with Crippen LogP contribution >= 0.6 is 0 Å². The molecule has 0 N–H and O–H groups in total. The molecule has 0 aromatic heterocycles. The average Bonchev–Trinajstić information content (AvgIpc) is 2.82. The van der Waals surface area contributed by atoms with Crippen LogP contribution in [0, 0.1) is 0 Å². The first-order valence-corrected chi connectivity index (χ1v) is 5.76. The van der Waals surface area contributed by atoms with Crippen LogP contribution in [-0.4, -0.2) is 23.5 Å². The van der Waals surface area contributed by atoms with E-state index in [0.717, 1.165) is 12.0 Å². The van der Waals surface area contributed by atoms with Gasteiger partial charge in [-0.15, -0.1) is 0 Å². The van der Waals surface area contributed by atoms with E-state index in [1.165, 1.54) is 0 Å². The molecule has 2 fully saturated rings. The van der Waals surface area contributed by atoms with Crippen molar-refractivity contribution in [3.05, 3.63) is 35.9 Å². The zero-order valence-electron chi connectivity index (χ0n) is 9.35. The molecule has 16 heavy (non-hydrogen) atoms. The van der Waals surface area contributed by atoms with Crippen molar-refractivity contribution in [2.45, 2.75) is 31.5 Å². The molecule has 3 nitrogen and oxygen atoms in total. The van der Waals surface area contributed by atoms with Crippen LogP contribution in [-0.2, 0) is 15.3 Å². The Morgan fingerprint density at radius 1 is 1.38 bits per heavy atom.